The highest BCUT2D eigenvalue weighted by atomic mass is 16.2. The van der Waals surface area contributed by atoms with Crippen LogP contribution in [0.25, 0.3) is 0 Å². The van der Waals surface area contributed by atoms with Crippen molar-refractivity contribution in [2.45, 2.75) is 38.1 Å². The van der Waals surface area contributed by atoms with E-state index in [2.05, 4.69) is 12.2 Å². The first-order valence-corrected chi connectivity index (χ1v) is 5.93. The number of nitrogens with one attached hydrogen (secondary N) is 1. The molecule has 2 aliphatic rings. The zero-order chi connectivity index (χ0) is 11.8. The third-order valence-corrected chi connectivity index (χ3v) is 4.06. The molecule has 0 radical (unpaired) electrons. The van der Waals surface area contributed by atoms with Crippen molar-refractivity contribution in [2.75, 3.05) is 13.1 Å². The quantitative estimate of drug-likeness (QED) is 0.670. The van der Waals surface area contributed by atoms with Crippen LogP contribution in [0.1, 0.15) is 32.6 Å². The summed E-state index contributed by atoms with van der Waals surface area (Å²) in [5.74, 6) is 0.156. The Bertz CT molecular complexity index is 302. The van der Waals surface area contributed by atoms with Crippen molar-refractivity contribution in [3.8, 4) is 0 Å². The van der Waals surface area contributed by atoms with Crippen molar-refractivity contribution in [3.63, 3.8) is 0 Å². The Morgan fingerprint density at radius 2 is 2.25 bits per heavy atom. The lowest BCUT2D eigenvalue weighted by atomic mass is 9.72. The van der Waals surface area contributed by atoms with E-state index >= 15 is 0 Å². The fraction of sp³-hybridized carbons (Fsp3) is 0.818. The molecule has 16 heavy (non-hydrogen) atoms. The average Bonchev–Trinajstić information content (AvgIpc) is 2.61. The van der Waals surface area contributed by atoms with E-state index in [4.69, 9.17) is 5.73 Å². The van der Waals surface area contributed by atoms with Crippen molar-refractivity contribution in [1.82, 2.24) is 10.2 Å². The Hall–Kier alpha value is -1.10. The van der Waals surface area contributed by atoms with Crippen LogP contribution in [0.4, 0.5) is 4.79 Å². The van der Waals surface area contributed by atoms with Crippen molar-refractivity contribution >= 4 is 11.9 Å². The number of imide groups is 1. The first-order chi connectivity index (χ1) is 7.62. The van der Waals surface area contributed by atoms with E-state index in [0.717, 1.165) is 25.7 Å². The number of carbonyl (C=O) groups excluding carboxylic acids is 2. The van der Waals surface area contributed by atoms with Crippen molar-refractivity contribution in [1.29, 1.82) is 0 Å². The van der Waals surface area contributed by atoms with E-state index in [0.29, 0.717) is 12.5 Å². The monoisotopic (exact) mass is 225 g/mol. The van der Waals surface area contributed by atoms with Crippen LogP contribution in [0.2, 0.25) is 0 Å². The normalized spacial score (nSPS) is 35.4. The third kappa shape index (κ3) is 1.50. The fourth-order valence-corrected chi connectivity index (χ4v) is 3.00. The maximum absolute atomic E-state index is 11.8. The van der Waals surface area contributed by atoms with E-state index in [1.54, 1.807) is 0 Å². The van der Waals surface area contributed by atoms with Gasteiger partial charge >= 0.3 is 6.03 Å². The first kappa shape index (κ1) is 11.4. The summed E-state index contributed by atoms with van der Waals surface area (Å²) in [6.45, 7) is 2.57. The van der Waals surface area contributed by atoms with Crippen LogP contribution >= 0.6 is 0 Å². The predicted molar refractivity (Wildman–Crippen MR) is 59.7 cm³/mol. The number of nitrogens with two attached hydrogens (primary N) is 1. The van der Waals surface area contributed by atoms with Crippen LogP contribution in [0.15, 0.2) is 0 Å². The van der Waals surface area contributed by atoms with E-state index in [1.165, 1.54) is 4.90 Å². The molecule has 0 aromatic rings. The first-order valence-electron chi connectivity index (χ1n) is 5.93. The lowest BCUT2D eigenvalue weighted by Crippen LogP contribution is -2.61. The summed E-state index contributed by atoms with van der Waals surface area (Å²) in [5.41, 5.74) is 5.41. The molecule has 1 saturated heterocycles. The molecule has 1 heterocycles. The van der Waals surface area contributed by atoms with Gasteiger partial charge in [-0.25, -0.2) is 4.79 Å². The largest absolute Gasteiger partial charge is 0.329 e. The Morgan fingerprint density at radius 1 is 1.50 bits per heavy atom. The molecule has 1 aliphatic heterocycles. The van der Waals surface area contributed by atoms with Crippen LogP contribution < -0.4 is 11.1 Å². The fourth-order valence-electron chi connectivity index (χ4n) is 3.00. The van der Waals surface area contributed by atoms with Gasteiger partial charge in [0.1, 0.15) is 0 Å². The molecule has 2 unspecified atom stereocenters. The minimum atomic E-state index is -0.448. The lowest BCUT2D eigenvalue weighted by molar-refractivity contribution is -0.131. The molecule has 3 amide bonds. The highest BCUT2D eigenvalue weighted by Crippen LogP contribution is 2.38. The molecule has 2 atom stereocenters. The number of nitrogens with zero attached hydrogens (tertiary/aromatic N) is 1. The summed E-state index contributed by atoms with van der Waals surface area (Å²) in [5, 5.41) is 2.58. The van der Waals surface area contributed by atoms with E-state index in [1.807, 2.05) is 0 Å². The lowest BCUT2D eigenvalue weighted by Gasteiger charge is -2.46. The zero-order valence-corrected chi connectivity index (χ0v) is 9.66. The summed E-state index contributed by atoms with van der Waals surface area (Å²) in [7, 11) is 0. The van der Waals surface area contributed by atoms with Crippen molar-refractivity contribution < 1.29 is 9.59 Å². The van der Waals surface area contributed by atoms with Gasteiger partial charge in [0.15, 0.2) is 0 Å². The summed E-state index contributed by atoms with van der Waals surface area (Å²) < 4.78 is 0. The summed E-state index contributed by atoms with van der Waals surface area (Å²) in [4.78, 5) is 24.9. The van der Waals surface area contributed by atoms with Gasteiger partial charge in [-0.3, -0.25) is 9.69 Å². The Morgan fingerprint density at radius 3 is 2.75 bits per heavy atom. The van der Waals surface area contributed by atoms with Gasteiger partial charge in [0.2, 0.25) is 0 Å². The Balaban J connectivity index is 2.32. The van der Waals surface area contributed by atoms with Gasteiger partial charge < -0.3 is 11.1 Å². The second-order valence-electron chi connectivity index (χ2n) is 4.84. The number of hydrogen-bond acceptors (Lipinski definition) is 3. The highest BCUT2D eigenvalue weighted by Gasteiger charge is 2.49. The van der Waals surface area contributed by atoms with Gasteiger partial charge in [-0.15, -0.1) is 0 Å². The SMILES string of the molecule is CC1CCCCC1(CN)N1C(=O)CNC1=O. The van der Waals surface area contributed by atoms with Crippen LogP contribution in [0.5, 0.6) is 0 Å². The molecular weight excluding hydrogens is 206 g/mol. The molecule has 0 spiro atoms. The molecule has 2 fully saturated rings. The van der Waals surface area contributed by atoms with Gasteiger partial charge in [-0.1, -0.05) is 19.8 Å². The molecule has 1 aliphatic carbocycles. The summed E-state index contributed by atoms with van der Waals surface area (Å²) in [6, 6.07) is -0.274. The molecule has 0 bridgehead atoms. The van der Waals surface area contributed by atoms with Gasteiger partial charge in [-0.05, 0) is 18.8 Å². The second kappa shape index (κ2) is 4.05. The number of carbonyl (C=O) groups is 2. The molecule has 5 heteroatoms. The summed E-state index contributed by atoms with van der Waals surface area (Å²) >= 11 is 0. The molecule has 0 aromatic heterocycles. The molecular formula is C11H19N3O2. The molecule has 3 N–H and O–H groups in total. The highest BCUT2D eigenvalue weighted by molar-refractivity contribution is 6.02. The van der Waals surface area contributed by atoms with Gasteiger partial charge in [0.05, 0.1) is 12.1 Å². The number of rotatable bonds is 2. The molecule has 2 rings (SSSR count). The molecule has 0 aromatic carbocycles. The van der Waals surface area contributed by atoms with Gasteiger partial charge in [-0.2, -0.15) is 0 Å². The number of urea groups is 1. The van der Waals surface area contributed by atoms with Gasteiger partial charge in [0.25, 0.3) is 5.91 Å². The Kier molecular flexibility index (Phi) is 2.88. The smallest absolute Gasteiger partial charge is 0.325 e. The zero-order valence-electron chi connectivity index (χ0n) is 9.66. The molecule has 5 nitrogen and oxygen atoms in total. The third-order valence-electron chi connectivity index (χ3n) is 4.06. The van der Waals surface area contributed by atoms with E-state index < -0.39 is 5.54 Å². The van der Waals surface area contributed by atoms with Crippen LogP contribution in [-0.2, 0) is 4.79 Å². The van der Waals surface area contributed by atoms with Crippen molar-refractivity contribution in [2.24, 2.45) is 11.7 Å². The number of hydrogen-bond donors (Lipinski definition) is 2. The van der Waals surface area contributed by atoms with E-state index in [-0.39, 0.29) is 18.5 Å². The topological polar surface area (TPSA) is 75.4 Å². The minimum absolute atomic E-state index is 0.118. The predicted octanol–water partition coefficient (Wildman–Crippen LogP) is 0.446. The standard InChI is InChI=1S/C11H19N3O2/c1-8-4-2-3-5-11(8,7-12)14-9(15)6-13-10(14)16/h8H,2-7,12H2,1H3,(H,13,16). The van der Waals surface area contributed by atoms with Crippen molar-refractivity contribution in [3.05, 3.63) is 0 Å². The Labute approximate surface area is 95.3 Å². The second-order valence-corrected chi connectivity index (χ2v) is 4.84. The molecule has 1 saturated carbocycles. The van der Waals surface area contributed by atoms with Gasteiger partial charge in [0, 0.05) is 6.54 Å². The maximum atomic E-state index is 11.8. The maximum Gasteiger partial charge on any atom is 0.325 e. The van der Waals surface area contributed by atoms with Crippen LogP contribution in [0.3, 0.4) is 0 Å². The van der Waals surface area contributed by atoms with Crippen LogP contribution in [-0.4, -0.2) is 35.5 Å². The summed E-state index contributed by atoms with van der Waals surface area (Å²) in [6.07, 6.45) is 4.07. The average molecular weight is 225 g/mol. The van der Waals surface area contributed by atoms with E-state index in [9.17, 15) is 9.59 Å². The minimum Gasteiger partial charge on any atom is -0.329 e. The molecule has 90 valence electrons. The number of amides is 3. The van der Waals surface area contributed by atoms with Crippen LogP contribution in [0, 0.1) is 5.92 Å².